The van der Waals surface area contributed by atoms with Crippen molar-refractivity contribution in [2.75, 3.05) is 6.54 Å². The standard InChI is InChI=1S/C19H15F7N2O/c20-13-5-4-12(16(8-13)19(24,25)26)9-27-17(29)28-7-6-11-2-1-3-15(14(11)10-28)18(21,22)23/h1-5,8H,6-7,9-10H2,(H,27,29). The van der Waals surface area contributed by atoms with Gasteiger partial charge in [-0.25, -0.2) is 9.18 Å². The lowest BCUT2D eigenvalue weighted by atomic mass is 9.94. The molecule has 3 rings (SSSR count). The van der Waals surface area contributed by atoms with Gasteiger partial charge in [-0.05, 0) is 41.3 Å². The van der Waals surface area contributed by atoms with Crippen molar-refractivity contribution in [3.05, 3.63) is 70.0 Å². The molecule has 1 heterocycles. The Kier molecular flexibility index (Phi) is 5.46. The zero-order chi connectivity index (χ0) is 21.4. The molecule has 0 aromatic heterocycles. The Morgan fingerprint density at radius 1 is 1.00 bits per heavy atom. The number of rotatable bonds is 2. The van der Waals surface area contributed by atoms with Crippen molar-refractivity contribution in [2.45, 2.75) is 31.9 Å². The summed E-state index contributed by atoms with van der Waals surface area (Å²) in [7, 11) is 0. The van der Waals surface area contributed by atoms with Gasteiger partial charge >= 0.3 is 18.4 Å². The van der Waals surface area contributed by atoms with Crippen LogP contribution in [0.3, 0.4) is 0 Å². The highest BCUT2D eigenvalue weighted by Crippen LogP contribution is 2.36. The molecule has 0 saturated carbocycles. The van der Waals surface area contributed by atoms with Gasteiger partial charge in [0.15, 0.2) is 0 Å². The molecular formula is C19H15F7N2O. The summed E-state index contributed by atoms with van der Waals surface area (Å²) in [4.78, 5) is 13.5. The van der Waals surface area contributed by atoms with E-state index in [2.05, 4.69) is 5.32 Å². The predicted octanol–water partition coefficient (Wildman–Crippen LogP) is 5.13. The summed E-state index contributed by atoms with van der Waals surface area (Å²) < 4.78 is 91.9. The van der Waals surface area contributed by atoms with Gasteiger partial charge in [-0.2, -0.15) is 26.3 Å². The van der Waals surface area contributed by atoms with Gasteiger partial charge < -0.3 is 10.2 Å². The number of benzene rings is 2. The normalized spacial score (nSPS) is 14.5. The molecule has 0 radical (unpaired) electrons. The first kappa shape index (κ1) is 20.9. The molecule has 3 nitrogen and oxygen atoms in total. The highest BCUT2D eigenvalue weighted by atomic mass is 19.4. The minimum Gasteiger partial charge on any atom is -0.334 e. The van der Waals surface area contributed by atoms with Crippen molar-refractivity contribution in [1.29, 1.82) is 0 Å². The molecule has 156 valence electrons. The van der Waals surface area contributed by atoms with E-state index in [1.165, 1.54) is 6.07 Å². The van der Waals surface area contributed by atoms with Crippen molar-refractivity contribution in [1.82, 2.24) is 10.2 Å². The number of halogens is 7. The highest BCUT2D eigenvalue weighted by Gasteiger charge is 2.36. The zero-order valence-corrected chi connectivity index (χ0v) is 14.8. The van der Waals surface area contributed by atoms with Gasteiger partial charge in [-0.3, -0.25) is 0 Å². The summed E-state index contributed by atoms with van der Waals surface area (Å²) in [5.74, 6) is -1.07. The summed E-state index contributed by atoms with van der Waals surface area (Å²) in [6.45, 7) is -0.736. The van der Waals surface area contributed by atoms with Crippen LogP contribution in [0.5, 0.6) is 0 Å². The molecule has 0 bridgehead atoms. The summed E-state index contributed by atoms with van der Waals surface area (Å²) in [5, 5.41) is 2.27. The number of urea groups is 1. The zero-order valence-electron chi connectivity index (χ0n) is 14.8. The number of alkyl halides is 6. The molecule has 0 atom stereocenters. The average Bonchev–Trinajstić information content (AvgIpc) is 2.64. The summed E-state index contributed by atoms with van der Waals surface area (Å²) in [6.07, 6.45) is -9.20. The Hall–Kier alpha value is -2.78. The Bertz CT molecular complexity index is 922. The van der Waals surface area contributed by atoms with E-state index in [0.29, 0.717) is 11.6 Å². The first-order chi connectivity index (χ1) is 13.5. The molecule has 1 N–H and O–H groups in total. The van der Waals surface area contributed by atoms with Gasteiger partial charge in [0, 0.05) is 19.6 Å². The third-order valence-corrected chi connectivity index (χ3v) is 4.67. The molecular weight excluding hydrogens is 405 g/mol. The number of nitrogens with zero attached hydrogens (tertiary/aromatic N) is 1. The van der Waals surface area contributed by atoms with E-state index < -0.39 is 41.9 Å². The van der Waals surface area contributed by atoms with E-state index in [1.807, 2.05) is 0 Å². The minimum absolute atomic E-state index is 0.0286. The quantitative estimate of drug-likeness (QED) is 0.672. The Morgan fingerprint density at radius 3 is 2.34 bits per heavy atom. The lowest BCUT2D eigenvalue weighted by molar-refractivity contribution is -0.139. The van der Waals surface area contributed by atoms with Crippen molar-refractivity contribution in [3.8, 4) is 0 Å². The average molecular weight is 420 g/mol. The Balaban J connectivity index is 1.75. The molecule has 2 amide bonds. The fourth-order valence-corrected chi connectivity index (χ4v) is 3.27. The van der Waals surface area contributed by atoms with Gasteiger partial charge in [0.25, 0.3) is 0 Å². The number of hydrogen-bond donors (Lipinski definition) is 1. The van der Waals surface area contributed by atoms with Crippen molar-refractivity contribution >= 4 is 6.03 Å². The number of fused-ring (bicyclic) bond motifs is 1. The van der Waals surface area contributed by atoms with Crippen LogP contribution in [0.2, 0.25) is 0 Å². The predicted molar refractivity (Wildman–Crippen MR) is 89.2 cm³/mol. The van der Waals surface area contributed by atoms with E-state index in [9.17, 15) is 35.5 Å². The van der Waals surface area contributed by atoms with Crippen molar-refractivity contribution in [2.24, 2.45) is 0 Å². The monoisotopic (exact) mass is 420 g/mol. The molecule has 29 heavy (non-hydrogen) atoms. The van der Waals surface area contributed by atoms with Crippen LogP contribution in [0, 0.1) is 5.82 Å². The maximum atomic E-state index is 13.2. The second-order valence-electron chi connectivity index (χ2n) is 6.57. The van der Waals surface area contributed by atoms with Crippen molar-refractivity contribution < 1.29 is 35.5 Å². The van der Waals surface area contributed by atoms with E-state index in [4.69, 9.17) is 0 Å². The summed E-state index contributed by atoms with van der Waals surface area (Å²) in [6, 6.07) is 5.04. The first-order valence-corrected chi connectivity index (χ1v) is 8.53. The third-order valence-electron chi connectivity index (χ3n) is 4.67. The fourth-order valence-electron chi connectivity index (χ4n) is 3.27. The topological polar surface area (TPSA) is 32.3 Å². The number of carbonyl (C=O) groups excluding carboxylic acids is 1. The number of nitrogens with one attached hydrogen (secondary N) is 1. The number of amides is 2. The minimum atomic E-state index is -4.81. The van der Waals surface area contributed by atoms with E-state index in [1.54, 1.807) is 6.07 Å². The second kappa shape index (κ2) is 7.57. The van der Waals surface area contributed by atoms with Gasteiger partial charge in [-0.1, -0.05) is 18.2 Å². The molecule has 2 aromatic rings. The second-order valence-corrected chi connectivity index (χ2v) is 6.57. The third kappa shape index (κ3) is 4.63. The first-order valence-electron chi connectivity index (χ1n) is 8.53. The molecule has 0 fully saturated rings. The van der Waals surface area contributed by atoms with Gasteiger partial charge in [0.1, 0.15) is 5.82 Å². The van der Waals surface area contributed by atoms with Crippen LogP contribution in [0.1, 0.15) is 27.8 Å². The Labute approximate surface area is 161 Å². The summed E-state index contributed by atoms with van der Waals surface area (Å²) in [5.41, 5.74) is -1.96. The smallest absolute Gasteiger partial charge is 0.334 e. The summed E-state index contributed by atoms with van der Waals surface area (Å²) >= 11 is 0. The van der Waals surface area contributed by atoms with Crippen LogP contribution in [-0.2, 0) is 31.9 Å². The molecule has 2 aromatic carbocycles. The molecule has 1 aliphatic rings. The van der Waals surface area contributed by atoms with E-state index >= 15 is 0 Å². The van der Waals surface area contributed by atoms with E-state index in [0.717, 1.165) is 23.1 Å². The fraction of sp³-hybridized carbons (Fsp3) is 0.316. The van der Waals surface area contributed by atoms with Crippen LogP contribution >= 0.6 is 0 Å². The number of hydrogen-bond acceptors (Lipinski definition) is 1. The SMILES string of the molecule is O=C(NCc1ccc(F)cc1C(F)(F)F)N1CCc2cccc(C(F)(F)F)c2C1. The van der Waals surface area contributed by atoms with Crippen LogP contribution in [0.25, 0.3) is 0 Å². The van der Waals surface area contributed by atoms with E-state index in [-0.39, 0.29) is 30.6 Å². The largest absolute Gasteiger partial charge is 0.416 e. The van der Waals surface area contributed by atoms with Crippen LogP contribution in [0.15, 0.2) is 36.4 Å². The molecule has 10 heteroatoms. The molecule has 0 spiro atoms. The maximum Gasteiger partial charge on any atom is 0.416 e. The lowest BCUT2D eigenvalue weighted by Gasteiger charge is -2.31. The van der Waals surface area contributed by atoms with Crippen LogP contribution in [-0.4, -0.2) is 17.5 Å². The van der Waals surface area contributed by atoms with Crippen molar-refractivity contribution in [3.63, 3.8) is 0 Å². The van der Waals surface area contributed by atoms with Crippen LogP contribution < -0.4 is 5.32 Å². The maximum absolute atomic E-state index is 13.2. The van der Waals surface area contributed by atoms with Crippen LogP contribution in [0.4, 0.5) is 35.5 Å². The van der Waals surface area contributed by atoms with Gasteiger partial charge in [0.05, 0.1) is 11.1 Å². The highest BCUT2D eigenvalue weighted by molar-refractivity contribution is 5.74. The molecule has 1 aliphatic heterocycles. The lowest BCUT2D eigenvalue weighted by Crippen LogP contribution is -2.43. The molecule has 0 saturated heterocycles. The number of carbonyl (C=O) groups is 1. The molecule has 0 aliphatic carbocycles. The van der Waals surface area contributed by atoms with Gasteiger partial charge in [-0.15, -0.1) is 0 Å². The van der Waals surface area contributed by atoms with Gasteiger partial charge in [0.2, 0.25) is 0 Å². The Morgan fingerprint density at radius 2 is 1.69 bits per heavy atom. The molecule has 0 unspecified atom stereocenters.